The van der Waals surface area contributed by atoms with Gasteiger partial charge in [-0.1, -0.05) is 6.92 Å². The second-order valence-electron chi connectivity index (χ2n) is 4.52. The molecule has 0 atom stereocenters. The van der Waals surface area contributed by atoms with Crippen LogP contribution in [0, 0.1) is 0 Å². The number of fused-ring (bicyclic) bond motifs is 1. The van der Waals surface area contributed by atoms with E-state index in [0.29, 0.717) is 0 Å². The zero-order valence-corrected chi connectivity index (χ0v) is 11.2. The summed E-state index contributed by atoms with van der Waals surface area (Å²) in [6.07, 6.45) is 0.759. The minimum absolute atomic E-state index is 0.0298. The van der Waals surface area contributed by atoms with E-state index in [4.69, 9.17) is 14.6 Å². The summed E-state index contributed by atoms with van der Waals surface area (Å²) in [5, 5.41) is 13.0. The molecule has 1 aliphatic rings. The van der Waals surface area contributed by atoms with E-state index in [2.05, 4.69) is 5.10 Å². The highest BCUT2D eigenvalue weighted by molar-refractivity contribution is 5.87. The molecule has 1 aromatic heterocycles. The first-order valence-corrected chi connectivity index (χ1v) is 6.31. The first-order chi connectivity index (χ1) is 9.61. The second-order valence-corrected chi connectivity index (χ2v) is 4.52. The van der Waals surface area contributed by atoms with Crippen LogP contribution in [0.3, 0.4) is 0 Å². The van der Waals surface area contributed by atoms with E-state index >= 15 is 0 Å². The van der Waals surface area contributed by atoms with E-state index in [-0.39, 0.29) is 12.5 Å². The molecule has 20 heavy (non-hydrogen) atoms. The van der Waals surface area contributed by atoms with Gasteiger partial charge in [-0.25, -0.2) is 4.79 Å². The molecule has 6 heteroatoms. The van der Waals surface area contributed by atoms with Crippen molar-refractivity contribution in [1.29, 1.82) is 0 Å². The summed E-state index contributed by atoms with van der Waals surface area (Å²) in [6.45, 7) is 2.24. The third-order valence-electron chi connectivity index (χ3n) is 3.37. The predicted octanol–water partition coefficient (Wildman–Crippen LogP) is 2.08. The maximum atomic E-state index is 11.0. The highest BCUT2D eigenvalue weighted by Crippen LogP contribution is 2.41. The molecule has 0 bridgehead atoms. The normalized spacial score (nSPS) is 12.7. The Morgan fingerprint density at radius 1 is 1.45 bits per heavy atom. The molecule has 1 aliphatic heterocycles. The van der Waals surface area contributed by atoms with Crippen molar-refractivity contribution in [3.8, 4) is 22.8 Å². The van der Waals surface area contributed by atoms with Crippen LogP contribution >= 0.6 is 0 Å². The molecule has 0 amide bonds. The van der Waals surface area contributed by atoms with Crippen molar-refractivity contribution in [3.05, 3.63) is 29.5 Å². The number of ether oxygens (including phenoxy) is 2. The molecule has 0 radical (unpaired) electrons. The Labute approximate surface area is 115 Å². The van der Waals surface area contributed by atoms with E-state index in [1.54, 1.807) is 17.8 Å². The maximum absolute atomic E-state index is 11.0. The van der Waals surface area contributed by atoms with Crippen molar-refractivity contribution in [2.45, 2.75) is 13.3 Å². The topological polar surface area (TPSA) is 73.6 Å². The lowest BCUT2D eigenvalue weighted by atomic mass is 10.0. The summed E-state index contributed by atoms with van der Waals surface area (Å²) >= 11 is 0. The molecule has 104 valence electrons. The summed E-state index contributed by atoms with van der Waals surface area (Å²) in [5.41, 5.74) is 2.69. The van der Waals surface area contributed by atoms with Crippen LogP contribution in [-0.2, 0) is 13.5 Å². The first-order valence-electron chi connectivity index (χ1n) is 6.31. The Morgan fingerprint density at radius 3 is 2.90 bits per heavy atom. The van der Waals surface area contributed by atoms with Crippen LogP contribution in [0.2, 0.25) is 0 Å². The third kappa shape index (κ3) is 1.80. The summed E-state index contributed by atoms with van der Waals surface area (Å²) in [7, 11) is 1.73. The number of carboxylic acid groups (broad SMARTS) is 1. The van der Waals surface area contributed by atoms with Crippen molar-refractivity contribution in [1.82, 2.24) is 9.78 Å². The fourth-order valence-corrected chi connectivity index (χ4v) is 2.44. The number of nitrogens with zero attached hydrogens (tertiary/aromatic N) is 2. The Kier molecular flexibility index (Phi) is 2.85. The number of carboxylic acids is 1. The molecule has 0 saturated carbocycles. The molecular formula is C14H14N2O4. The van der Waals surface area contributed by atoms with E-state index < -0.39 is 5.97 Å². The van der Waals surface area contributed by atoms with Crippen LogP contribution in [-0.4, -0.2) is 27.6 Å². The standard InChI is InChI=1S/C14H14N2O4/c1-3-8-9(4-5-12-13(8)20-7-19-12)11-6-10(14(17)18)15-16(11)2/h4-6H,3,7H2,1-2H3,(H,17,18). The lowest BCUT2D eigenvalue weighted by Gasteiger charge is -2.10. The number of carbonyl (C=O) groups is 1. The van der Waals surface area contributed by atoms with E-state index in [9.17, 15) is 4.79 Å². The smallest absolute Gasteiger partial charge is 0.356 e. The van der Waals surface area contributed by atoms with Crippen LogP contribution in [0.4, 0.5) is 0 Å². The molecule has 3 rings (SSSR count). The van der Waals surface area contributed by atoms with Gasteiger partial charge in [-0.15, -0.1) is 0 Å². The van der Waals surface area contributed by atoms with Gasteiger partial charge in [-0.2, -0.15) is 5.10 Å². The summed E-state index contributed by atoms with van der Waals surface area (Å²) in [4.78, 5) is 11.0. The van der Waals surface area contributed by atoms with E-state index in [1.807, 2.05) is 19.1 Å². The molecule has 0 fully saturated rings. The van der Waals surface area contributed by atoms with Gasteiger partial charge < -0.3 is 14.6 Å². The number of benzene rings is 1. The Bertz CT molecular complexity index is 691. The average molecular weight is 274 g/mol. The van der Waals surface area contributed by atoms with Gasteiger partial charge in [0.1, 0.15) is 0 Å². The number of aryl methyl sites for hydroxylation is 1. The molecule has 0 spiro atoms. The van der Waals surface area contributed by atoms with Crippen molar-refractivity contribution in [2.24, 2.45) is 7.05 Å². The molecule has 0 saturated heterocycles. The first kappa shape index (κ1) is 12.5. The van der Waals surface area contributed by atoms with Crippen LogP contribution in [0.15, 0.2) is 18.2 Å². The average Bonchev–Trinajstić information content (AvgIpc) is 3.03. The van der Waals surface area contributed by atoms with Crippen LogP contribution in [0.1, 0.15) is 23.0 Å². The van der Waals surface area contributed by atoms with Crippen molar-refractivity contribution in [2.75, 3.05) is 6.79 Å². The van der Waals surface area contributed by atoms with Gasteiger partial charge in [0, 0.05) is 18.2 Å². The fourth-order valence-electron chi connectivity index (χ4n) is 2.44. The van der Waals surface area contributed by atoms with Gasteiger partial charge in [-0.05, 0) is 24.6 Å². The monoisotopic (exact) mass is 274 g/mol. The lowest BCUT2D eigenvalue weighted by molar-refractivity contribution is 0.0689. The SMILES string of the molecule is CCc1c(-c2cc(C(=O)O)nn2C)ccc2c1OCO2. The van der Waals surface area contributed by atoms with Gasteiger partial charge in [0.05, 0.1) is 5.69 Å². The minimum atomic E-state index is -1.04. The summed E-state index contributed by atoms with van der Waals surface area (Å²) in [5.74, 6) is 0.431. The largest absolute Gasteiger partial charge is 0.476 e. The number of aromatic nitrogens is 2. The zero-order chi connectivity index (χ0) is 14.3. The maximum Gasteiger partial charge on any atom is 0.356 e. The second kappa shape index (κ2) is 4.56. The highest BCUT2D eigenvalue weighted by Gasteiger charge is 2.22. The van der Waals surface area contributed by atoms with Crippen LogP contribution in [0.25, 0.3) is 11.3 Å². The number of rotatable bonds is 3. The van der Waals surface area contributed by atoms with Gasteiger partial charge >= 0.3 is 5.97 Å². The Balaban J connectivity index is 2.17. The Morgan fingerprint density at radius 2 is 2.25 bits per heavy atom. The van der Waals surface area contributed by atoms with E-state index in [1.165, 1.54) is 0 Å². The van der Waals surface area contributed by atoms with Crippen molar-refractivity contribution in [3.63, 3.8) is 0 Å². The molecule has 6 nitrogen and oxygen atoms in total. The number of hydrogen-bond acceptors (Lipinski definition) is 4. The summed E-state index contributed by atoms with van der Waals surface area (Å²) < 4.78 is 12.4. The molecule has 0 aliphatic carbocycles. The summed E-state index contributed by atoms with van der Waals surface area (Å²) in [6, 6.07) is 5.32. The van der Waals surface area contributed by atoms with E-state index in [0.717, 1.165) is 34.7 Å². The number of aromatic carboxylic acids is 1. The van der Waals surface area contributed by atoms with Crippen molar-refractivity contribution >= 4 is 5.97 Å². The van der Waals surface area contributed by atoms with Gasteiger partial charge in [0.2, 0.25) is 6.79 Å². The zero-order valence-electron chi connectivity index (χ0n) is 11.2. The molecule has 2 aromatic rings. The molecule has 2 heterocycles. The van der Waals surface area contributed by atoms with Gasteiger partial charge in [0.25, 0.3) is 0 Å². The van der Waals surface area contributed by atoms with Crippen molar-refractivity contribution < 1.29 is 19.4 Å². The number of hydrogen-bond donors (Lipinski definition) is 1. The molecule has 0 unspecified atom stereocenters. The molecular weight excluding hydrogens is 260 g/mol. The fraction of sp³-hybridized carbons (Fsp3) is 0.286. The van der Waals surface area contributed by atoms with Gasteiger partial charge in [0.15, 0.2) is 17.2 Å². The molecule has 1 aromatic carbocycles. The lowest BCUT2D eigenvalue weighted by Crippen LogP contribution is -2.00. The van der Waals surface area contributed by atoms with Crippen LogP contribution in [0.5, 0.6) is 11.5 Å². The van der Waals surface area contributed by atoms with Gasteiger partial charge in [-0.3, -0.25) is 4.68 Å². The minimum Gasteiger partial charge on any atom is -0.476 e. The quantitative estimate of drug-likeness (QED) is 0.927. The Hall–Kier alpha value is -2.50. The third-order valence-corrected chi connectivity index (χ3v) is 3.37. The molecule has 1 N–H and O–H groups in total. The van der Waals surface area contributed by atoms with Crippen LogP contribution < -0.4 is 9.47 Å². The predicted molar refractivity (Wildman–Crippen MR) is 71.1 cm³/mol. The highest BCUT2D eigenvalue weighted by atomic mass is 16.7.